The summed E-state index contributed by atoms with van der Waals surface area (Å²) >= 11 is 0. The van der Waals surface area contributed by atoms with Crippen molar-refractivity contribution in [2.45, 2.75) is 75.6 Å². The van der Waals surface area contributed by atoms with Crippen molar-refractivity contribution in [1.82, 2.24) is 14.9 Å². The van der Waals surface area contributed by atoms with E-state index in [0.717, 1.165) is 61.8 Å². The van der Waals surface area contributed by atoms with Gasteiger partial charge in [-0.25, -0.2) is 8.42 Å². The second-order valence-corrected chi connectivity index (χ2v) is 13.0. The van der Waals surface area contributed by atoms with E-state index in [9.17, 15) is 18.0 Å². The molecule has 1 aromatic rings. The minimum Gasteiger partial charge on any atom is -0.355 e. The van der Waals surface area contributed by atoms with Gasteiger partial charge in [0, 0.05) is 38.0 Å². The van der Waals surface area contributed by atoms with Crippen LogP contribution in [0.25, 0.3) is 0 Å². The third kappa shape index (κ3) is 4.89. The van der Waals surface area contributed by atoms with Crippen LogP contribution < -0.4 is 10.6 Å². The lowest BCUT2D eigenvalue weighted by Gasteiger charge is -2.55. The lowest BCUT2D eigenvalue weighted by Crippen LogP contribution is -2.53. The second-order valence-electron chi connectivity index (χ2n) is 11.1. The van der Waals surface area contributed by atoms with Crippen molar-refractivity contribution in [3.63, 3.8) is 0 Å². The van der Waals surface area contributed by atoms with Crippen LogP contribution in [0.15, 0.2) is 29.2 Å². The number of piperidine rings is 1. The van der Waals surface area contributed by atoms with Gasteiger partial charge in [0.1, 0.15) is 0 Å². The number of benzene rings is 1. The molecule has 0 radical (unpaired) electrons. The first-order valence-electron chi connectivity index (χ1n) is 13.0. The van der Waals surface area contributed by atoms with Crippen molar-refractivity contribution in [1.29, 1.82) is 0 Å². The summed E-state index contributed by atoms with van der Waals surface area (Å²) in [4.78, 5) is 25.6. The van der Waals surface area contributed by atoms with E-state index in [0.29, 0.717) is 31.1 Å². The number of sulfonamides is 1. The van der Waals surface area contributed by atoms with Crippen LogP contribution in [0, 0.1) is 23.2 Å². The predicted molar refractivity (Wildman–Crippen MR) is 129 cm³/mol. The van der Waals surface area contributed by atoms with Crippen molar-refractivity contribution in [2.24, 2.45) is 23.2 Å². The fraction of sp³-hybridized carbons (Fsp3) is 0.692. The average Bonchev–Trinajstić information content (AvgIpc) is 2.82. The molecule has 2 N–H and O–H groups in total. The Labute approximate surface area is 203 Å². The van der Waals surface area contributed by atoms with Crippen LogP contribution in [0.1, 0.15) is 69.8 Å². The monoisotopic (exact) mass is 487 g/mol. The number of carbonyl (C=O) groups is 2. The molecule has 4 aliphatic carbocycles. The van der Waals surface area contributed by atoms with Crippen molar-refractivity contribution in [3.05, 3.63) is 29.8 Å². The average molecular weight is 488 g/mol. The summed E-state index contributed by atoms with van der Waals surface area (Å²) in [5.74, 6) is 2.21. The number of nitrogens with zero attached hydrogens (tertiary/aromatic N) is 1. The maximum Gasteiger partial charge on any atom is 0.243 e. The summed E-state index contributed by atoms with van der Waals surface area (Å²) in [5.41, 5.74) is 0.671. The fourth-order valence-electron chi connectivity index (χ4n) is 7.19. The Hall–Kier alpha value is -1.93. The molecule has 4 saturated carbocycles. The zero-order valence-corrected chi connectivity index (χ0v) is 20.7. The maximum atomic E-state index is 13.0. The van der Waals surface area contributed by atoms with Crippen LogP contribution in [0.4, 0.5) is 0 Å². The van der Waals surface area contributed by atoms with Crippen LogP contribution in [0.2, 0.25) is 0 Å². The number of rotatable bonds is 8. The zero-order chi connectivity index (χ0) is 23.8. The van der Waals surface area contributed by atoms with Gasteiger partial charge >= 0.3 is 0 Å². The third-order valence-corrected chi connectivity index (χ3v) is 10.4. The highest BCUT2D eigenvalue weighted by atomic mass is 32.2. The molecular weight excluding hydrogens is 450 g/mol. The van der Waals surface area contributed by atoms with Gasteiger partial charge in [-0.15, -0.1) is 0 Å². The summed E-state index contributed by atoms with van der Waals surface area (Å²) in [6, 6.07) is 6.76. The Morgan fingerprint density at radius 1 is 0.882 bits per heavy atom. The number of hydrogen-bond donors (Lipinski definition) is 2. The van der Waals surface area contributed by atoms with Crippen molar-refractivity contribution in [3.8, 4) is 0 Å². The van der Waals surface area contributed by atoms with Gasteiger partial charge in [-0.3, -0.25) is 9.59 Å². The summed E-state index contributed by atoms with van der Waals surface area (Å²) in [5, 5.41) is 5.93. The lowest BCUT2D eigenvalue weighted by atomic mass is 9.49. The quantitative estimate of drug-likeness (QED) is 0.589. The van der Waals surface area contributed by atoms with Crippen LogP contribution in [-0.2, 0) is 26.2 Å². The predicted octanol–water partition coefficient (Wildman–Crippen LogP) is 3.20. The molecule has 0 unspecified atom stereocenters. The topological polar surface area (TPSA) is 95.6 Å². The molecule has 5 fully saturated rings. The van der Waals surface area contributed by atoms with Crippen LogP contribution in [0.5, 0.6) is 0 Å². The zero-order valence-electron chi connectivity index (χ0n) is 19.9. The SMILES string of the molecule is O=C(CCNC(=O)C12CC3CC(CC(C3)C1)C2)NCc1ccc(S(=O)(=O)N2CCCCC2)cc1. The van der Waals surface area contributed by atoms with Gasteiger partial charge in [0.05, 0.1) is 4.90 Å². The maximum absolute atomic E-state index is 13.0. The Kier molecular flexibility index (Phi) is 6.73. The first-order valence-corrected chi connectivity index (χ1v) is 14.4. The fourth-order valence-corrected chi connectivity index (χ4v) is 8.71. The summed E-state index contributed by atoms with van der Waals surface area (Å²) < 4.78 is 27.1. The number of hydrogen-bond acceptors (Lipinski definition) is 4. The number of carbonyl (C=O) groups excluding carboxylic acids is 2. The highest BCUT2D eigenvalue weighted by Crippen LogP contribution is 2.60. The first kappa shape index (κ1) is 23.8. The molecule has 2 amide bonds. The lowest BCUT2D eigenvalue weighted by molar-refractivity contribution is -0.146. The molecule has 34 heavy (non-hydrogen) atoms. The number of nitrogens with one attached hydrogen (secondary N) is 2. The minimum absolute atomic E-state index is 0.115. The van der Waals surface area contributed by atoms with Gasteiger partial charge in [-0.05, 0) is 86.8 Å². The summed E-state index contributed by atoms with van der Waals surface area (Å²) in [6.45, 7) is 1.87. The molecule has 8 heteroatoms. The summed E-state index contributed by atoms with van der Waals surface area (Å²) in [6.07, 6.45) is 10.1. The van der Waals surface area contributed by atoms with Gasteiger partial charge in [-0.1, -0.05) is 18.6 Å². The molecule has 1 aliphatic heterocycles. The molecular formula is C26H37N3O4S. The molecule has 1 saturated heterocycles. The van der Waals surface area contributed by atoms with E-state index in [-0.39, 0.29) is 23.7 Å². The molecule has 0 atom stereocenters. The van der Waals surface area contributed by atoms with E-state index in [1.165, 1.54) is 19.3 Å². The molecule has 1 aromatic carbocycles. The molecule has 7 nitrogen and oxygen atoms in total. The van der Waals surface area contributed by atoms with Crippen LogP contribution >= 0.6 is 0 Å². The van der Waals surface area contributed by atoms with E-state index < -0.39 is 10.0 Å². The Morgan fingerprint density at radius 2 is 1.47 bits per heavy atom. The van der Waals surface area contributed by atoms with Crippen LogP contribution in [0.3, 0.4) is 0 Å². The van der Waals surface area contributed by atoms with E-state index in [4.69, 9.17) is 0 Å². The molecule has 0 spiro atoms. The second kappa shape index (κ2) is 9.61. The molecule has 186 valence electrons. The van der Waals surface area contributed by atoms with E-state index >= 15 is 0 Å². The van der Waals surface area contributed by atoms with Crippen LogP contribution in [-0.4, -0.2) is 44.2 Å². The molecule has 4 bridgehead atoms. The van der Waals surface area contributed by atoms with Crippen molar-refractivity contribution < 1.29 is 18.0 Å². The molecule has 6 rings (SSSR count). The third-order valence-electron chi connectivity index (χ3n) is 8.52. The molecule has 1 heterocycles. The highest BCUT2D eigenvalue weighted by molar-refractivity contribution is 7.89. The largest absolute Gasteiger partial charge is 0.355 e. The Bertz CT molecular complexity index is 980. The highest BCUT2D eigenvalue weighted by Gasteiger charge is 2.54. The van der Waals surface area contributed by atoms with Gasteiger partial charge in [-0.2, -0.15) is 4.31 Å². The van der Waals surface area contributed by atoms with Crippen molar-refractivity contribution >= 4 is 21.8 Å². The van der Waals surface area contributed by atoms with E-state index in [1.54, 1.807) is 28.6 Å². The minimum atomic E-state index is -3.44. The van der Waals surface area contributed by atoms with E-state index in [1.807, 2.05) is 0 Å². The van der Waals surface area contributed by atoms with Crippen molar-refractivity contribution in [2.75, 3.05) is 19.6 Å². The molecule has 0 aromatic heterocycles. The Balaban J connectivity index is 1.06. The van der Waals surface area contributed by atoms with Gasteiger partial charge in [0.2, 0.25) is 21.8 Å². The smallest absolute Gasteiger partial charge is 0.243 e. The van der Waals surface area contributed by atoms with Gasteiger partial charge in [0.25, 0.3) is 0 Å². The summed E-state index contributed by atoms with van der Waals surface area (Å²) in [7, 11) is -3.44. The van der Waals surface area contributed by atoms with Gasteiger partial charge in [0.15, 0.2) is 0 Å². The first-order chi connectivity index (χ1) is 16.3. The Morgan fingerprint density at radius 3 is 2.06 bits per heavy atom. The van der Waals surface area contributed by atoms with E-state index in [2.05, 4.69) is 10.6 Å². The normalized spacial score (nSPS) is 30.8. The standard InChI is InChI=1S/C26H37N3O4S/c30-24(8-9-27-25(31)26-15-20-12-21(16-26)14-22(13-20)17-26)28-18-19-4-6-23(7-5-19)34(32,33)29-10-2-1-3-11-29/h4-7,20-22H,1-3,8-18H2,(H,27,31)(H,28,30). The number of amides is 2. The molecule has 5 aliphatic rings. The van der Waals surface area contributed by atoms with Gasteiger partial charge < -0.3 is 10.6 Å².